The maximum absolute atomic E-state index is 12.4. The zero-order chi connectivity index (χ0) is 15.6. The molecule has 0 aliphatic carbocycles. The summed E-state index contributed by atoms with van der Waals surface area (Å²) < 4.78 is 0.844. The van der Waals surface area contributed by atoms with E-state index in [0.29, 0.717) is 5.69 Å². The van der Waals surface area contributed by atoms with Crippen LogP contribution in [-0.2, 0) is 9.59 Å². The third kappa shape index (κ3) is 3.11. The van der Waals surface area contributed by atoms with E-state index in [9.17, 15) is 14.4 Å². The van der Waals surface area contributed by atoms with Gasteiger partial charge >= 0.3 is 0 Å². The standard InChI is InChI=1S/C13H14N4O3S/c14-9(18)5-17(6-10(15)19)13(20)12-11(16)7-3-1-2-4-8(7)21-12/h1-4H,5-6,16H2,(H2,14,18)(H2,15,19). The monoisotopic (exact) mass is 306 g/mol. The van der Waals surface area contributed by atoms with Gasteiger partial charge in [-0.05, 0) is 6.07 Å². The molecule has 6 N–H and O–H groups in total. The number of amides is 3. The van der Waals surface area contributed by atoms with Crippen molar-refractivity contribution in [2.75, 3.05) is 18.8 Å². The minimum Gasteiger partial charge on any atom is -0.397 e. The number of carbonyl (C=O) groups is 3. The van der Waals surface area contributed by atoms with Gasteiger partial charge in [0.2, 0.25) is 11.8 Å². The summed E-state index contributed by atoms with van der Waals surface area (Å²) in [6, 6.07) is 7.27. The van der Waals surface area contributed by atoms with E-state index < -0.39 is 30.8 Å². The van der Waals surface area contributed by atoms with E-state index >= 15 is 0 Å². The highest BCUT2D eigenvalue weighted by atomic mass is 32.1. The number of nitrogens with two attached hydrogens (primary N) is 3. The fraction of sp³-hybridized carbons (Fsp3) is 0.154. The first-order chi connectivity index (χ1) is 9.90. The van der Waals surface area contributed by atoms with Crippen LogP contribution >= 0.6 is 11.3 Å². The van der Waals surface area contributed by atoms with Crippen molar-refractivity contribution < 1.29 is 14.4 Å². The van der Waals surface area contributed by atoms with Gasteiger partial charge in [-0.3, -0.25) is 14.4 Å². The van der Waals surface area contributed by atoms with E-state index in [0.717, 1.165) is 15.0 Å². The van der Waals surface area contributed by atoms with Crippen molar-refractivity contribution >= 4 is 44.8 Å². The molecule has 0 aliphatic rings. The number of hydrogen-bond donors (Lipinski definition) is 3. The predicted octanol–water partition coefficient (Wildman–Crippen LogP) is -0.104. The summed E-state index contributed by atoms with van der Waals surface area (Å²) in [5, 5.41) is 0.754. The van der Waals surface area contributed by atoms with Crippen LogP contribution in [0.5, 0.6) is 0 Å². The minimum absolute atomic E-state index is 0.263. The van der Waals surface area contributed by atoms with Gasteiger partial charge in [0, 0.05) is 10.1 Å². The summed E-state index contributed by atoms with van der Waals surface area (Å²) in [4.78, 5) is 35.8. The van der Waals surface area contributed by atoms with Crippen LogP contribution in [0.15, 0.2) is 24.3 Å². The molecule has 0 radical (unpaired) electrons. The molecule has 0 aliphatic heterocycles. The molecule has 1 aromatic carbocycles. The molecule has 1 heterocycles. The number of hydrogen-bond acceptors (Lipinski definition) is 5. The first kappa shape index (κ1) is 14.8. The number of anilines is 1. The lowest BCUT2D eigenvalue weighted by Crippen LogP contribution is -2.43. The Hall–Kier alpha value is -2.61. The van der Waals surface area contributed by atoms with Crippen molar-refractivity contribution in [1.29, 1.82) is 0 Å². The van der Waals surface area contributed by atoms with Gasteiger partial charge in [-0.15, -0.1) is 11.3 Å². The molecule has 0 saturated heterocycles. The van der Waals surface area contributed by atoms with E-state index in [-0.39, 0.29) is 4.88 Å². The molecule has 0 spiro atoms. The van der Waals surface area contributed by atoms with Crippen LogP contribution in [0.2, 0.25) is 0 Å². The Bertz CT molecular complexity index is 709. The number of primary amides is 2. The van der Waals surface area contributed by atoms with Crippen LogP contribution in [0.3, 0.4) is 0 Å². The summed E-state index contributed by atoms with van der Waals surface area (Å²) in [5.74, 6) is -2.00. The maximum atomic E-state index is 12.4. The van der Waals surface area contributed by atoms with Gasteiger partial charge in [0.25, 0.3) is 5.91 Å². The molecule has 7 nitrogen and oxygen atoms in total. The quantitative estimate of drug-likeness (QED) is 0.711. The molecule has 8 heteroatoms. The molecule has 0 bridgehead atoms. The van der Waals surface area contributed by atoms with Crippen molar-refractivity contribution in [1.82, 2.24) is 4.90 Å². The molecular formula is C13H14N4O3S. The lowest BCUT2D eigenvalue weighted by Gasteiger charge is -2.18. The van der Waals surface area contributed by atoms with Crippen molar-refractivity contribution in [3.8, 4) is 0 Å². The fourth-order valence-electron chi connectivity index (χ4n) is 1.94. The second kappa shape index (κ2) is 5.80. The van der Waals surface area contributed by atoms with E-state index in [4.69, 9.17) is 17.2 Å². The first-order valence-electron chi connectivity index (χ1n) is 6.03. The third-order valence-corrected chi connectivity index (χ3v) is 3.98. The zero-order valence-electron chi connectivity index (χ0n) is 11.0. The number of fused-ring (bicyclic) bond motifs is 1. The molecule has 0 saturated carbocycles. The van der Waals surface area contributed by atoms with Gasteiger partial charge < -0.3 is 22.1 Å². The van der Waals surface area contributed by atoms with Gasteiger partial charge in [0.15, 0.2) is 0 Å². The largest absolute Gasteiger partial charge is 0.397 e. The summed E-state index contributed by atoms with van der Waals surface area (Å²) in [6.45, 7) is -0.787. The smallest absolute Gasteiger partial charge is 0.267 e. The van der Waals surface area contributed by atoms with Crippen LogP contribution in [0.4, 0.5) is 5.69 Å². The number of nitrogens with zero attached hydrogens (tertiary/aromatic N) is 1. The molecule has 110 valence electrons. The van der Waals surface area contributed by atoms with E-state index in [1.807, 2.05) is 18.2 Å². The number of carbonyl (C=O) groups excluding carboxylic acids is 3. The topological polar surface area (TPSA) is 133 Å². The predicted molar refractivity (Wildman–Crippen MR) is 80.5 cm³/mol. The second-order valence-electron chi connectivity index (χ2n) is 4.43. The van der Waals surface area contributed by atoms with Gasteiger partial charge in [-0.1, -0.05) is 18.2 Å². The Morgan fingerprint density at radius 2 is 1.62 bits per heavy atom. The average molecular weight is 306 g/mol. The second-order valence-corrected chi connectivity index (χ2v) is 5.49. The summed E-state index contributed by atoms with van der Waals surface area (Å²) in [6.07, 6.45) is 0. The molecule has 21 heavy (non-hydrogen) atoms. The Morgan fingerprint density at radius 1 is 1.05 bits per heavy atom. The van der Waals surface area contributed by atoms with Crippen LogP contribution < -0.4 is 17.2 Å². The number of nitrogen functional groups attached to an aromatic ring is 1. The van der Waals surface area contributed by atoms with Gasteiger partial charge in [-0.25, -0.2) is 0 Å². The zero-order valence-corrected chi connectivity index (χ0v) is 11.9. The Morgan fingerprint density at radius 3 is 2.14 bits per heavy atom. The first-order valence-corrected chi connectivity index (χ1v) is 6.84. The highest BCUT2D eigenvalue weighted by molar-refractivity contribution is 7.21. The summed E-state index contributed by atoms with van der Waals surface area (Å²) in [7, 11) is 0. The highest BCUT2D eigenvalue weighted by Gasteiger charge is 2.24. The van der Waals surface area contributed by atoms with Gasteiger partial charge in [0.1, 0.15) is 18.0 Å². The molecule has 1 aromatic heterocycles. The van der Waals surface area contributed by atoms with Crippen LogP contribution in [0.25, 0.3) is 10.1 Å². The molecule has 0 fully saturated rings. The van der Waals surface area contributed by atoms with Crippen molar-refractivity contribution in [2.45, 2.75) is 0 Å². The number of rotatable bonds is 5. The van der Waals surface area contributed by atoms with Crippen molar-refractivity contribution in [2.24, 2.45) is 11.5 Å². The normalized spacial score (nSPS) is 10.5. The maximum Gasteiger partial charge on any atom is 0.267 e. The van der Waals surface area contributed by atoms with E-state index in [1.165, 1.54) is 11.3 Å². The Kier molecular flexibility index (Phi) is 4.08. The fourth-order valence-corrected chi connectivity index (χ4v) is 3.03. The molecule has 2 rings (SSSR count). The van der Waals surface area contributed by atoms with Crippen molar-refractivity contribution in [3.05, 3.63) is 29.1 Å². The van der Waals surface area contributed by atoms with E-state index in [2.05, 4.69) is 0 Å². The van der Waals surface area contributed by atoms with Crippen LogP contribution in [0.1, 0.15) is 9.67 Å². The summed E-state index contributed by atoms with van der Waals surface area (Å²) >= 11 is 1.19. The SMILES string of the molecule is NC(=O)CN(CC(N)=O)C(=O)c1sc2ccccc2c1N. The van der Waals surface area contributed by atoms with Crippen LogP contribution in [0, 0.1) is 0 Å². The number of benzene rings is 1. The average Bonchev–Trinajstić information content (AvgIpc) is 2.74. The van der Waals surface area contributed by atoms with E-state index in [1.54, 1.807) is 6.07 Å². The lowest BCUT2D eigenvalue weighted by atomic mass is 10.2. The Balaban J connectivity index is 2.40. The molecular weight excluding hydrogens is 292 g/mol. The molecule has 3 amide bonds. The Labute approximate surface area is 124 Å². The van der Waals surface area contributed by atoms with Crippen molar-refractivity contribution in [3.63, 3.8) is 0 Å². The molecule has 0 atom stereocenters. The minimum atomic E-state index is -0.732. The highest BCUT2D eigenvalue weighted by Crippen LogP contribution is 2.34. The molecule has 2 aromatic rings. The number of thiophene rings is 1. The van der Waals surface area contributed by atoms with Crippen LogP contribution in [-0.4, -0.2) is 35.7 Å². The molecule has 0 unspecified atom stereocenters. The van der Waals surface area contributed by atoms with Gasteiger partial charge in [-0.2, -0.15) is 0 Å². The lowest BCUT2D eigenvalue weighted by molar-refractivity contribution is -0.121. The van der Waals surface area contributed by atoms with Gasteiger partial charge in [0.05, 0.1) is 5.69 Å². The summed E-state index contributed by atoms with van der Waals surface area (Å²) in [5.41, 5.74) is 16.5. The third-order valence-electron chi connectivity index (χ3n) is 2.81.